The Morgan fingerprint density at radius 1 is 1.56 bits per heavy atom. The highest BCUT2D eigenvalue weighted by atomic mass is 16.3. The number of carbonyl (C=O) groups is 1. The molecule has 2 heterocycles. The fourth-order valence-electron chi connectivity index (χ4n) is 2.13. The molecular weight excluding hydrogens is 230 g/mol. The Kier molecular flexibility index (Phi) is 2.66. The first-order valence-electron chi connectivity index (χ1n) is 6.17. The summed E-state index contributed by atoms with van der Waals surface area (Å²) in [5.74, 6) is 0.451. The fourth-order valence-corrected chi connectivity index (χ4v) is 2.13. The van der Waals surface area contributed by atoms with Gasteiger partial charge in [-0.25, -0.2) is 4.98 Å². The Morgan fingerprint density at radius 2 is 2.39 bits per heavy atom. The van der Waals surface area contributed by atoms with Crippen molar-refractivity contribution in [2.45, 2.75) is 25.8 Å². The molecule has 2 aromatic rings. The van der Waals surface area contributed by atoms with E-state index in [1.807, 2.05) is 12.4 Å². The molecule has 0 bridgehead atoms. The van der Waals surface area contributed by atoms with Crippen LogP contribution in [0.15, 0.2) is 24.5 Å². The maximum atomic E-state index is 11.7. The summed E-state index contributed by atoms with van der Waals surface area (Å²) in [6.07, 6.45) is 6.78. The Balaban J connectivity index is 1.71. The number of nitrogens with zero attached hydrogens (tertiary/aromatic N) is 2. The van der Waals surface area contributed by atoms with Crippen LogP contribution in [-0.2, 0) is 11.3 Å². The zero-order valence-electron chi connectivity index (χ0n) is 9.97. The van der Waals surface area contributed by atoms with E-state index in [4.69, 9.17) is 0 Å². The summed E-state index contributed by atoms with van der Waals surface area (Å²) in [5, 5.41) is 12.5. The lowest BCUT2D eigenvalue weighted by Crippen LogP contribution is -2.34. The monoisotopic (exact) mass is 245 g/mol. The van der Waals surface area contributed by atoms with E-state index >= 15 is 0 Å². The molecule has 2 aromatic heterocycles. The molecule has 1 saturated carbocycles. The number of aromatic nitrogens is 2. The molecule has 0 unspecified atom stereocenters. The maximum Gasteiger partial charge on any atom is 0.223 e. The third-order valence-electron chi connectivity index (χ3n) is 3.43. The Hall–Kier alpha value is -2.04. The molecule has 0 radical (unpaired) electrons. The number of rotatable bonds is 3. The molecule has 2 N–H and O–H groups in total. The van der Waals surface area contributed by atoms with Crippen molar-refractivity contribution in [3.63, 3.8) is 0 Å². The summed E-state index contributed by atoms with van der Waals surface area (Å²) < 4.78 is 1.75. The van der Waals surface area contributed by atoms with Crippen LogP contribution in [0.2, 0.25) is 0 Å². The first-order chi connectivity index (χ1) is 8.74. The second kappa shape index (κ2) is 4.33. The number of aromatic hydroxyl groups is 1. The first kappa shape index (κ1) is 11.1. The highest BCUT2D eigenvalue weighted by Gasteiger charge is 2.24. The number of imidazole rings is 1. The molecular formula is C13H15N3O2. The van der Waals surface area contributed by atoms with E-state index in [0.29, 0.717) is 12.2 Å². The Labute approximate surface area is 104 Å². The van der Waals surface area contributed by atoms with Gasteiger partial charge in [0.2, 0.25) is 5.91 Å². The molecule has 1 amide bonds. The van der Waals surface area contributed by atoms with Crippen LogP contribution < -0.4 is 5.32 Å². The number of carbonyl (C=O) groups excluding carboxylic acids is 1. The van der Waals surface area contributed by atoms with Gasteiger partial charge in [-0.2, -0.15) is 0 Å². The van der Waals surface area contributed by atoms with Crippen LogP contribution in [0, 0.1) is 5.92 Å². The molecule has 1 fully saturated rings. The van der Waals surface area contributed by atoms with Crippen LogP contribution in [0.3, 0.4) is 0 Å². The zero-order valence-corrected chi connectivity index (χ0v) is 9.97. The number of nitrogens with one attached hydrogen (secondary N) is 1. The van der Waals surface area contributed by atoms with Gasteiger partial charge in [0, 0.05) is 18.3 Å². The van der Waals surface area contributed by atoms with E-state index in [1.165, 1.54) is 0 Å². The van der Waals surface area contributed by atoms with Gasteiger partial charge >= 0.3 is 0 Å². The minimum absolute atomic E-state index is 0.113. The molecule has 18 heavy (non-hydrogen) atoms. The third kappa shape index (κ3) is 1.92. The van der Waals surface area contributed by atoms with Gasteiger partial charge in [0.05, 0.1) is 12.2 Å². The van der Waals surface area contributed by atoms with Gasteiger partial charge in [-0.3, -0.25) is 4.79 Å². The summed E-state index contributed by atoms with van der Waals surface area (Å²) >= 11 is 0. The SMILES string of the molecule is O=C(NCc1cn2cccc(O)c2n1)C1CCC1. The number of hydrogen-bond acceptors (Lipinski definition) is 3. The smallest absolute Gasteiger partial charge is 0.223 e. The minimum atomic E-state index is 0.113. The van der Waals surface area contributed by atoms with Crippen molar-refractivity contribution in [2.24, 2.45) is 5.92 Å². The second-order valence-electron chi connectivity index (χ2n) is 4.70. The summed E-state index contributed by atoms with van der Waals surface area (Å²) in [6, 6.07) is 3.35. The van der Waals surface area contributed by atoms with E-state index in [-0.39, 0.29) is 17.6 Å². The van der Waals surface area contributed by atoms with Crippen molar-refractivity contribution in [2.75, 3.05) is 0 Å². The summed E-state index contributed by atoms with van der Waals surface area (Å²) in [4.78, 5) is 16.0. The quantitative estimate of drug-likeness (QED) is 0.860. The molecule has 0 spiro atoms. The number of pyridine rings is 1. The van der Waals surface area contributed by atoms with Gasteiger partial charge in [0.1, 0.15) is 0 Å². The summed E-state index contributed by atoms with van der Waals surface area (Å²) in [5.41, 5.74) is 1.27. The van der Waals surface area contributed by atoms with E-state index in [2.05, 4.69) is 10.3 Å². The predicted octanol–water partition coefficient (Wildman–Crippen LogP) is 1.46. The zero-order chi connectivity index (χ0) is 12.5. The molecule has 0 aliphatic heterocycles. The lowest BCUT2D eigenvalue weighted by atomic mass is 9.85. The van der Waals surface area contributed by atoms with Crippen molar-refractivity contribution in [3.05, 3.63) is 30.2 Å². The van der Waals surface area contributed by atoms with E-state index in [1.54, 1.807) is 16.5 Å². The van der Waals surface area contributed by atoms with Crippen LogP contribution in [-0.4, -0.2) is 20.4 Å². The van der Waals surface area contributed by atoms with Gasteiger partial charge in [-0.1, -0.05) is 6.42 Å². The van der Waals surface area contributed by atoms with E-state index in [0.717, 1.165) is 25.0 Å². The molecule has 94 valence electrons. The second-order valence-corrected chi connectivity index (χ2v) is 4.70. The molecule has 0 atom stereocenters. The van der Waals surface area contributed by atoms with Gasteiger partial charge in [0.25, 0.3) is 0 Å². The largest absolute Gasteiger partial charge is 0.504 e. The Bertz CT molecular complexity index is 587. The molecule has 5 nitrogen and oxygen atoms in total. The van der Waals surface area contributed by atoms with E-state index in [9.17, 15) is 9.90 Å². The van der Waals surface area contributed by atoms with Gasteiger partial charge in [0.15, 0.2) is 11.4 Å². The van der Waals surface area contributed by atoms with Gasteiger partial charge in [-0.05, 0) is 25.0 Å². The van der Waals surface area contributed by atoms with Gasteiger partial charge < -0.3 is 14.8 Å². The van der Waals surface area contributed by atoms with Crippen molar-refractivity contribution >= 4 is 11.6 Å². The maximum absolute atomic E-state index is 11.7. The van der Waals surface area contributed by atoms with Crippen LogP contribution in [0.5, 0.6) is 5.75 Å². The van der Waals surface area contributed by atoms with Crippen molar-refractivity contribution in [3.8, 4) is 5.75 Å². The molecule has 1 aliphatic carbocycles. The number of amides is 1. The molecule has 5 heteroatoms. The third-order valence-corrected chi connectivity index (χ3v) is 3.43. The lowest BCUT2D eigenvalue weighted by Gasteiger charge is -2.23. The number of hydrogen-bond donors (Lipinski definition) is 2. The van der Waals surface area contributed by atoms with Crippen molar-refractivity contribution < 1.29 is 9.90 Å². The van der Waals surface area contributed by atoms with Crippen LogP contribution in [0.25, 0.3) is 5.65 Å². The van der Waals surface area contributed by atoms with Crippen LogP contribution >= 0.6 is 0 Å². The molecule has 0 saturated heterocycles. The van der Waals surface area contributed by atoms with Crippen molar-refractivity contribution in [1.29, 1.82) is 0 Å². The van der Waals surface area contributed by atoms with Crippen LogP contribution in [0.1, 0.15) is 25.0 Å². The average Bonchev–Trinajstić information content (AvgIpc) is 2.68. The van der Waals surface area contributed by atoms with Crippen molar-refractivity contribution in [1.82, 2.24) is 14.7 Å². The van der Waals surface area contributed by atoms with Crippen LogP contribution in [0.4, 0.5) is 0 Å². The first-order valence-corrected chi connectivity index (χ1v) is 6.17. The van der Waals surface area contributed by atoms with Gasteiger partial charge in [-0.15, -0.1) is 0 Å². The number of fused-ring (bicyclic) bond motifs is 1. The predicted molar refractivity (Wildman–Crippen MR) is 66.0 cm³/mol. The average molecular weight is 245 g/mol. The van der Waals surface area contributed by atoms with E-state index < -0.39 is 0 Å². The normalized spacial score (nSPS) is 15.6. The summed E-state index contributed by atoms with van der Waals surface area (Å²) in [7, 11) is 0. The topological polar surface area (TPSA) is 66.6 Å². The fraction of sp³-hybridized carbons (Fsp3) is 0.385. The highest BCUT2D eigenvalue weighted by molar-refractivity contribution is 5.79. The molecule has 1 aliphatic rings. The lowest BCUT2D eigenvalue weighted by molar-refractivity contribution is -0.127. The highest BCUT2D eigenvalue weighted by Crippen LogP contribution is 2.26. The minimum Gasteiger partial charge on any atom is -0.504 e. The molecule has 0 aromatic carbocycles. The molecule has 3 rings (SSSR count). The summed E-state index contributed by atoms with van der Waals surface area (Å²) in [6.45, 7) is 0.413. The Morgan fingerprint density at radius 3 is 3.06 bits per heavy atom. The standard InChI is InChI=1S/C13H15N3O2/c17-11-5-2-6-16-8-10(15-12(11)16)7-14-13(18)9-3-1-4-9/h2,5-6,8-9,17H,1,3-4,7H2,(H,14,18).